The van der Waals surface area contributed by atoms with E-state index in [2.05, 4.69) is 12.2 Å². The van der Waals surface area contributed by atoms with E-state index in [0.717, 1.165) is 24.2 Å². The normalized spacial score (nSPS) is 17.3. The summed E-state index contributed by atoms with van der Waals surface area (Å²) in [5.74, 6) is 0.432. The first-order chi connectivity index (χ1) is 10.9. The number of piperidine rings is 1. The van der Waals surface area contributed by atoms with Crippen LogP contribution in [0.5, 0.6) is 0 Å². The first kappa shape index (κ1) is 18.4. The zero-order chi connectivity index (χ0) is 17.0. The number of thiophene rings is 1. The minimum absolute atomic E-state index is 0.140. The van der Waals surface area contributed by atoms with Crippen LogP contribution in [-0.2, 0) is 10.0 Å². The average molecular weight is 360 g/mol. The van der Waals surface area contributed by atoms with E-state index in [4.69, 9.17) is 0 Å². The van der Waals surface area contributed by atoms with Gasteiger partial charge in [0, 0.05) is 33.2 Å². The van der Waals surface area contributed by atoms with Gasteiger partial charge in [0.15, 0.2) is 0 Å². The molecule has 2 heterocycles. The summed E-state index contributed by atoms with van der Waals surface area (Å²) in [4.78, 5) is 14.4. The molecule has 0 radical (unpaired) electrons. The Morgan fingerprint density at radius 3 is 2.65 bits per heavy atom. The average Bonchev–Trinajstić information content (AvgIpc) is 3.03. The number of carbonyl (C=O) groups is 1. The van der Waals surface area contributed by atoms with Crippen molar-refractivity contribution < 1.29 is 13.2 Å². The molecule has 0 aromatic carbocycles. The monoisotopic (exact) mass is 359 g/mol. The number of nitrogens with one attached hydrogen (secondary N) is 1. The highest BCUT2D eigenvalue weighted by molar-refractivity contribution is 7.91. The topological polar surface area (TPSA) is 69.7 Å². The first-order valence-electron chi connectivity index (χ1n) is 7.86. The van der Waals surface area contributed by atoms with Crippen LogP contribution in [-0.4, -0.2) is 63.8 Å². The quantitative estimate of drug-likeness (QED) is 0.835. The van der Waals surface area contributed by atoms with Crippen molar-refractivity contribution in [1.29, 1.82) is 0 Å². The molecular formula is C15H25N3O3S2. The maximum absolute atomic E-state index is 12.7. The molecule has 0 saturated carbocycles. The molecule has 0 spiro atoms. The van der Waals surface area contributed by atoms with E-state index < -0.39 is 10.0 Å². The summed E-state index contributed by atoms with van der Waals surface area (Å²) >= 11 is 1.06. The van der Waals surface area contributed by atoms with Gasteiger partial charge < -0.3 is 10.2 Å². The number of likely N-dealkylation sites (N-methyl/N-ethyl adjacent to an activating group) is 2. The second kappa shape index (κ2) is 7.74. The zero-order valence-corrected chi connectivity index (χ0v) is 15.5. The van der Waals surface area contributed by atoms with E-state index >= 15 is 0 Å². The van der Waals surface area contributed by atoms with Crippen molar-refractivity contribution in [2.75, 3.05) is 40.3 Å². The van der Waals surface area contributed by atoms with E-state index in [9.17, 15) is 13.2 Å². The lowest BCUT2D eigenvalue weighted by Crippen LogP contribution is -2.37. The molecule has 0 bridgehead atoms. The Morgan fingerprint density at radius 2 is 2.04 bits per heavy atom. The molecule has 0 atom stereocenters. The van der Waals surface area contributed by atoms with Crippen LogP contribution in [0, 0.1) is 5.92 Å². The molecule has 1 aliphatic rings. The molecule has 2 rings (SSSR count). The predicted octanol–water partition coefficient (Wildman–Crippen LogP) is 1.46. The van der Waals surface area contributed by atoms with E-state index in [1.807, 2.05) is 7.05 Å². The minimum Gasteiger partial charge on any atom is -0.340 e. The SMILES string of the molecule is CNCCN(C)C(=O)c1ccc(S(=O)(=O)N2CCC(C)CC2)s1. The Bertz CT molecular complexity index is 634. The Labute approximate surface area is 142 Å². The molecule has 1 N–H and O–H groups in total. The van der Waals surface area contributed by atoms with Gasteiger partial charge in [-0.2, -0.15) is 4.31 Å². The Morgan fingerprint density at radius 1 is 1.39 bits per heavy atom. The number of hydrogen-bond acceptors (Lipinski definition) is 5. The fourth-order valence-electron chi connectivity index (χ4n) is 2.50. The third-order valence-electron chi connectivity index (χ3n) is 4.17. The number of rotatable bonds is 6. The van der Waals surface area contributed by atoms with Gasteiger partial charge in [-0.05, 0) is 37.9 Å². The van der Waals surface area contributed by atoms with E-state index in [1.54, 1.807) is 24.1 Å². The van der Waals surface area contributed by atoms with Crippen molar-refractivity contribution in [1.82, 2.24) is 14.5 Å². The van der Waals surface area contributed by atoms with Gasteiger partial charge in [0.2, 0.25) is 0 Å². The fourth-order valence-corrected chi connectivity index (χ4v) is 5.42. The lowest BCUT2D eigenvalue weighted by Gasteiger charge is -2.28. The summed E-state index contributed by atoms with van der Waals surface area (Å²) < 4.78 is 27.1. The van der Waals surface area contributed by atoms with Crippen LogP contribution in [0.3, 0.4) is 0 Å². The molecule has 1 aromatic heterocycles. The summed E-state index contributed by atoms with van der Waals surface area (Å²) in [6.45, 7) is 4.55. The standard InChI is InChI=1S/C15H25N3O3S2/c1-12-6-9-18(10-7-12)23(20,21)14-5-4-13(22-14)15(19)17(3)11-8-16-2/h4-5,12,16H,6-11H2,1-3H3. The second-order valence-electron chi connectivity index (χ2n) is 6.04. The lowest BCUT2D eigenvalue weighted by molar-refractivity contribution is 0.0801. The largest absolute Gasteiger partial charge is 0.340 e. The summed E-state index contributed by atoms with van der Waals surface area (Å²) in [7, 11) is 0.0768. The lowest BCUT2D eigenvalue weighted by atomic mass is 10.0. The number of hydrogen-bond donors (Lipinski definition) is 1. The molecular weight excluding hydrogens is 334 g/mol. The first-order valence-corrected chi connectivity index (χ1v) is 10.1. The third kappa shape index (κ3) is 4.32. The smallest absolute Gasteiger partial charge is 0.263 e. The molecule has 0 unspecified atom stereocenters. The third-order valence-corrected chi connectivity index (χ3v) is 7.61. The molecule has 1 amide bonds. The molecule has 130 valence electrons. The molecule has 1 aromatic rings. The molecule has 0 aliphatic carbocycles. The number of sulfonamides is 1. The van der Waals surface area contributed by atoms with Gasteiger partial charge in [0.25, 0.3) is 15.9 Å². The Hall–Kier alpha value is -0.960. The minimum atomic E-state index is -3.47. The van der Waals surface area contributed by atoms with Crippen LogP contribution in [0.15, 0.2) is 16.3 Å². The van der Waals surface area contributed by atoms with Crippen molar-refractivity contribution in [3.05, 3.63) is 17.0 Å². The van der Waals surface area contributed by atoms with E-state index in [1.165, 1.54) is 4.31 Å². The van der Waals surface area contributed by atoms with Crippen LogP contribution in [0.2, 0.25) is 0 Å². The Kier molecular flexibility index (Phi) is 6.19. The molecule has 1 fully saturated rings. The highest BCUT2D eigenvalue weighted by Crippen LogP contribution is 2.28. The van der Waals surface area contributed by atoms with Crippen molar-refractivity contribution in [3.63, 3.8) is 0 Å². The highest BCUT2D eigenvalue weighted by atomic mass is 32.2. The van der Waals surface area contributed by atoms with Crippen LogP contribution in [0.4, 0.5) is 0 Å². The van der Waals surface area contributed by atoms with Crippen molar-refractivity contribution in [3.8, 4) is 0 Å². The molecule has 6 nitrogen and oxygen atoms in total. The van der Waals surface area contributed by atoms with Crippen molar-refractivity contribution in [2.45, 2.75) is 24.0 Å². The van der Waals surface area contributed by atoms with Crippen molar-refractivity contribution in [2.24, 2.45) is 5.92 Å². The van der Waals surface area contributed by atoms with Gasteiger partial charge in [-0.1, -0.05) is 6.92 Å². The molecule has 23 heavy (non-hydrogen) atoms. The van der Waals surface area contributed by atoms with Crippen LogP contribution in [0.25, 0.3) is 0 Å². The van der Waals surface area contributed by atoms with Gasteiger partial charge in [0.1, 0.15) is 4.21 Å². The van der Waals surface area contributed by atoms with E-state index in [0.29, 0.717) is 37.0 Å². The Balaban J connectivity index is 2.10. The summed E-state index contributed by atoms with van der Waals surface area (Å²) in [6, 6.07) is 3.17. The van der Waals surface area contributed by atoms with Crippen LogP contribution >= 0.6 is 11.3 Å². The van der Waals surface area contributed by atoms with Gasteiger partial charge in [-0.15, -0.1) is 11.3 Å². The summed E-state index contributed by atoms with van der Waals surface area (Å²) in [5.41, 5.74) is 0. The van der Waals surface area contributed by atoms with Crippen LogP contribution in [0.1, 0.15) is 29.4 Å². The van der Waals surface area contributed by atoms with Gasteiger partial charge in [0.05, 0.1) is 4.88 Å². The highest BCUT2D eigenvalue weighted by Gasteiger charge is 2.30. The molecule has 1 saturated heterocycles. The summed E-state index contributed by atoms with van der Waals surface area (Å²) in [6.07, 6.45) is 1.78. The van der Waals surface area contributed by atoms with Gasteiger partial charge in [-0.3, -0.25) is 4.79 Å². The second-order valence-corrected chi connectivity index (χ2v) is 9.28. The number of nitrogens with zero attached hydrogens (tertiary/aromatic N) is 2. The number of carbonyl (C=O) groups excluding carboxylic acids is 1. The maximum atomic E-state index is 12.7. The summed E-state index contributed by atoms with van der Waals surface area (Å²) in [5, 5.41) is 2.99. The van der Waals surface area contributed by atoms with Gasteiger partial charge >= 0.3 is 0 Å². The molecule has 8 heteroatoms. The van der Waals surface area contributed by atoms with Crippen molar-refractivity contribution >= 4 is 27.3 Å². The molecule has 1 aliphatic heterocycles. The van der Waals surface area contributed by atoms with Crippen LogP contribution < -0.4 is 5.32 Å². The van der Waals surface area contributed by atoms with E-state index in [-0.39, 0.29) is 10.1 Å². The zero-order valence-electron chi connectivity index (χ0n) is 13.9. The maximum Gasteiger partial charge on any atom is 0.263 e. The fraction of sp³-hybridized carbons (Fsp3) is 0.667. The van der Waals surface area contributed by atoms with Gasteiger partial charge in [-0.25, -0.2) is 8.42 Å². The number of amides is 1. The predicted molar refractivity (Wildman–Crippen MR) is 92.4 cm³/mol.